The molecule has 2 aromatic carbocycles. The van der Waals surface area contributed by atoms with Crippen LogP contribution in [0.1, 0.15) is 10.5 Å². The average molecular weight is 295 g/mol. The van der Waals surface area contributed by atoms with Crippen molar-refractivity contribution in [2.24, 2.45) is 0 Å². The number of benzene rings is 2. The average Bonchev–Trinajstić information content (AvgIpc) is 3.06. The van der Waals surface area contributed by atoms with Crippen molar-refractivity contribution >= 4 is 5.97 Å². The highest BCUT2D eigenvalue weighted by molar-refractivity contribution is 5.86. The Hall–Kier alpha value is -3.15. The maximum Gasteiger partial charge on any atom is 0.360 e. The van der Waals surface area contributed by atoms with Crippen molar-refractivity contribution in [3.63, 3.8) is 0 Å². The fraction of sp³-hybridized carbons (Fsp3) is 0.0625. The summed E-state index contributed by atoms with van der Waals surface area (Å²) >= 11 is 0. The van der Waals surface area contributed by atoms with Gasteiger partial charge in [-0.3, -0.25) is 0 Å². The zero-order chi connectivity index (χ0) is 15.4. The smallest absolute Gasteiger partial charge is 0.360 e. The van der Waals surface area contributed by atoms with Gasteiger partial charge in [0.1, 0.15) is 11.5 Å². The van der Waals surface area contributed by atoms with Crippen LogP contribution in [0.15, 0.2) is 60.8 Å². The third kappa shape index (κ3) is 2.95. The zero-order valence-corrected chi connectivity index (χ0v) is 11.8. The molecule has 0 aliphatic heterocycles. The molecule has 0 spiro atoms. The fourth-order valence-electron chi connectivity index (χ4n) is 1.88. The maximum absolute atomic E-state index is 11.4. The summed E-state index contributed by atoms with van der Waals surface area (Å²) in [5.74, 6) is 0.961. The van der Waals surface area contributed by atoms with Gasteiger partial charge in [-0.25, -0.2) is 9.48 Å². The number of carbonyl (C=O) groups excluding carboxylic acids is 1. The number of rotatable bonds is 4. The first-order valence-electron chi connectivity index (χ1n) is 6.60. The molecule has 0 saturated heterocycles. The molecule has 1 aromatic heterocycles. The Kier molecular flexibility index (Phi) is 3.82. The van der Waals surface area contributed by atoms with Crippen molar-refractivity contribution in [2.45, 2.75) is 0 Å². The quantitative estimate of drug-likeness (QED) is 0.692. The molecule has 0 radical (unpaired) electrons. The van der Waals surface area contributed by atoms with E-state index >= 15 is 0 Å². The van der Waals surface area contributed by atoms with Gasteiger partial charge in [0.15, 0.2) is 5.69 Å². The van der Waals surface area contributed by atoms with Crippen LogP contribution in [0.3, 0.4) is 0 Å². The lowest BCUT2D eigenvalue weighted by Gasteiger charge is -2.06. The Balaban J connectivity index is 1.76. The molecule has 0 aliphatic carbocycles. The van der Waals surface area contributed by atoms with Crippen molar-refractivity contribution < 1.29 is 14.3 Å². The van der Waals surface area contributed by atoms with Gasteiger partial charge in [0, 0.05) is 0 Å². The molecule has 0 aliphatic rings. The molecule has 22 heavy (non-hydrogen) atoms. The van der Waals surface area contributed by atoms with E-state index in [-0.39, 0.29) is 5.69 Å². The summed E-state index contributed by atoms with van der Waals surface area (Å²) in [6, 6.07) is 16.8. The Morgan fingerprint density at radius 3 is 2.36 bits per heavy atom. The van der Waals surface area contributed by atoms with Crippen LogP contribution < -0.4 is 4.74 Å². The topological polar surface area (TPSA) is 66.2 Å². The van der Waals surface area contributed by atoms with Crippen molar-refractivity contribution in [3.05, 3.63) is 66.5 Å². The van der Waals surface area contributed by atoms with E-state index in [1.165, 1.54) is 18.0 Å². The molecule has 3 rings (SSSR count). The summed E-state index contributed by atoms with van der Waals surface area (Å²) in [6.07, 6.45) is 1.51. The van der Waals surface area contributed by atoms with Crippen LogP contribution in [0.5, 0.6) is 11.5 Å². The maximum atomic E-state index is 11.4. The first kappa shape index (κ1) is 13.8. The fourth-order valence-corrected chi connectivity index (χ4v) is 1.88. The number of hydrogen-bond donors (Lipinski definition) is 0. The highest BCUT2D eigenvalue weighted by atomic mass is 16.5. The summed E-state index contributed by atoms with van der Waals surface area (Å²) in [5.41, 5.74) is 0.926. The molecule has 0 fully saturated rings. The van der Waals surface area contributed by atoms with Crippen molar-refractivity contribution in [1.29, 1.82) is 0 Å². The van der Waals surface area contributed by atoms with Crippen LogP contribution in [0.4, 0.5) is 0 Å². The van der Waals surface area contributed by atoms with Crippen LogP contribution in [-0.2, 0) is 4.74 Å². The molecule has 0 amide bonds. The summed E-state index contributed by atoms with van der Waals surface area (Å²) in [4.78, 5) is 11.4. The molecule has 6 nitrogen and oxygen atoms in total. The Labute approximate surface area is 126 Å². The second-order valence-electron chi connectivity index (χ2n) is 4.45. The lowest BCUT2D eigenvalue weighted by Crippen LogP contribution is -2.01. The monoisotopic (exact) mass is 295 g/mol. The van der Waals surface area contributed by atoms with Crippen LogP contribution in [0.25, 0.3) is 5.69 Å². The number of esters is 1. The summed E-state index contributed by atoms with van der Waals surface area (Å²) < 4.78 is 11.8. The Morgan fingerprint density at radius 1 is 1.00 bits per heavy atom. The minimum atomic E-state index is -0.518. The first-order chi connectivity index (χ1) is 10.8. The number of hydrogen-bond acceptors (Lipinski definition) is 5. The molecule has 0 unspecified atom stereocenters. The van der Waals surface area contributed by atoms with E-state index in [1.54, 1.807) is 0 Å². The first-order valence-corrected chi connectivity index (χ1v) is 6.60. The molecule has 0 saturated carbocycles. The molecule has 110 valence electrons. The third-order valence-electron chi connectivity index (χ3n) is 2.97. The molecule has 6 heteroatoms. The Bertz CT molecular complexity index is 767. The van der Waals surface area contributed by atoms with Gasteiger partial charge in [-0.1, -0.05) is 23.4 Å². The summed E-state index contributed by atoms with van der Waals surface area (Å²) in [5, 5.41) is 7.65. The minimum Gasteiger partial charge on any atom is -0.464 e. The second kappa shape index (κ2) is 6.09. The molecular formula is C16H13N3O3. The van der Waals surface area contributed by atoms with Crippen LogP contribution in [-0.4, -0.2) is 28.1 Å². The summed E-state index contributed by atoms with van der Waals surface area (Å²) in [7, 11) is 1.30. The number of nitrogens with zero attached hydrogens (tertiary/aromatic N) is 3. The molecule has 3 aromatic rings. The lowest BCUT2D eigenvalue weighted by atomic mass is 10.3. The second-order valence-corrected chi connectivity index (χ2v) is 4.45. The van der Waals surface area contributed by atoms with Gasteiger partial charge in [0.25, 0.3) is 0 Å². The number of aromatic nitrogens is 3. The van der Waals surface area contributed by atoms with E-state index in [4.69, 9.17) is 4.74 Å². The number of para-hydroxylation sites is 1. The van der Waals surface area contributed by atoms with E-state index in [2.05, 4.69) is 15.0 Å². The standard InChI is InChI=1S/C16H13N3O3/c1-21-16(20)15-11-19(18-17-15)12-7-9-14(10-8-12)22-13-5-3-2-4-6-13/h2-11H,1H3. The molecule has 0 N–H and O–H groups in total. The third-order valence-corrected chi connectivity index (χ3v) is 2.97. The minimum absolute atomic E-state index is 0.159. The SMILES string of the molecule is COC(=O)c1cn(-c2ccc(Oc3ccccc3)cc2)nn1. The van der Waals surface area contributed by atoms with Gasteiger partial charge in [0.2, 0.25) is 0 Å². The van der Waals surface area contributed by atoms with Crippen molar-refractivity contribution in [2.75, 3.05) is 7.11 Å². The van der Waals surface area contributed by atoms with E-state index in [0.717, 1.165) is 11.4 Å². The van der Waals surface area contributed by atoms with Gasteiger partial charge in [-0.2, -0.15) is 0 Å². The van der Waals surface area contributed by atoms with Crippen molar-refractivity contribution in [3.8, 4) is 17.2 Å². The van der Waals surface area contributed by atoms with Crippen LogP contribution in [0, 0.1) is 0 Å². The summed E-state index contributed by atoms with van der Waals surface area (Å²) in [6.45, 7) is 0. The zero-order valence-electron chi connectivity index (χ0n) is 11.8. The molecule has 0 atom stereocenters. The molecular weight excluding hydrogens is 282 g/mol. The van der Waals surface area contributed by atoms with Crippen molar-refractivity contribution in [1.82, 2.24) is 15.0 Å². The van der Waals surface area contributed by atoms with Gasteiger partial charge < -0.3 is 9.47 Å². The molecule has 0 bridgehead atoms. The predicted octanol–water partition coefficient (Wildman–Crippen LogP) is 2.85. The van der Waals surface area contributed by atoms with Gasteiger partial charge in [-0.15, -0.1) is 5.10 Å². The van der Waals surface area contributed by atoms with Gasteiger partial charge in [0.05, 0.1) is 19.0 Å². The van der Waals surface area contributed by atoms with Crippen LogP contribution in [0.2, 0.25) is 0 Å². The predicted molar refractivity (Wildman–Crippen MR) is 79.2 cm³/mol. The number of methoxy groups -OCH3 is 1. The van der Waals surface area contributed by atoms with Gasteiger partial charge >= 0.3 is 5.97 Å². The highest BCUT2D eigenvalue weighted by Gasteiger charge is 2.11. The molecule has 1 heterocycles. The highest BCUT2D eigenvalue weighted by Crippen LogP contribution is 2.22. The normalized spacial score (nSPS) is 10.2. The van der Waals surface area contributed by atoms with E-state index in [1.807, 2.05) is 54.6 Å². The number of ether oxygens (including phenoxy) is 2. The van der Waals surface area contributed by atoms with E-state index < -0.39 is 5.97 Å². The lowest BCUT2D eigenvalue weighted by molar-refractivity contribution is 0.0594. The Morgan fingerprint density at radius 2 is 1.68 bits per heavy atom. The van der Waals surface area contributed by atoms with Crippen LogP contribution >= 0.6 is 0 Å². The number of carbonyl (C=O) groups is 1. The van der Waals surface area contributed by atoms with Gasteiger partial charge in [-0.05, 0) is 36.4 Å². The van der Waals surface area contributed by atoms with E-state index in [0.29, 0.717) is 5.75 Å². The largest absolute Gasteiger partial charge is 0.464 e. The van der Waals surface area contributed by atoms with E-state index in [9.17, 15) is 4.79 Å².